The van der Waals surface area contributed by atoms with E-state index in [1.165, 1.54) is 0 Å². The van der Waals surface area contributed by atoms with Gasteiger partial charge in [-0.3, -0.25) is 4.79 Å². The smallest absolute Gasteiger partial charge is 0.359 e. The van der Waals surface area contributed by atoms with Gasteiger partial charge >= 0.3 is 11.9 Å². The molecule has 0 saturated heterocycles. The molecular formula is C27H22N2O6S. The van der Waals surface area contributed by atoms with Gasteiger partial charge in [-0.15, -0.1) is 0 Å². The molecular weight excluding hydrogens is 480 g/mol. The average Bonchev–Trinajstić information content (AvgIpc) is 3.24. The summed E-state index contributed by atoms with van der Waals surface area (Å²) in [5.41, 5.74) is 2.45. The number of para-hydroxylation sites is 1. The van der Waals surface area contributed by atoms with Gasteiger partial charge in [0.25, 0.3) is 0 Å². The van der Waals surface area contributed by atoms with E-state index in [2.05, 4.69) is 5.10 Å². The Morgan fingerprint density at radius 1 is 0.972 bits per heavy atom. The van der Waals surface area contributed by atoms with Crippen molar-refractivity contribution in [2.45, 2.75) is 24.0 Å². The highest BCUT2D eigenvalue weighted by Crippen LogP contribution is 2.40. The van der Waals surface area contributed by atoms with E-state index in [1.54, 1.807) is 84.4 Å². The van der Waals surface area contributed by atoms with E-state index in [4.69, 9.17) is 9.47 Å². The highest BCUT2D eigenvalue weighted by Gasteiger charge is 2.36. The maximum absolute atomic E-state index is 13.0. The zero-order chi connectivity index (χ0) is 25.3. The zero-order valence-electron chi connectivity index (χ0n) is 19.4. The molecule has 0 aliphatic carbocycles. The lowest BCUT2D eigenvalue weighted by Gasteiger charge is -2.19. The van der Waals surface area contributed by atoms with Crippen LogP contribution in [0.4, 0.5) is 0 Å². The minimum Gasteiger partial charge on any atom is -0.461 e. The van der Waals surface area contributed by atoms with Gasteiger partial charge in [0.1, 0.15) is 5.75 Å². The van der Waals surface area contributed by atoms with Crippen molar-refractivity contribution in [3.63, 3.8) is 0 Å². The number of ether oxygens (including phenoxy) is 2. The lowest BCUT2D eigenvalue weighted by atomic mass is 10.1. The second-order valence-corrected chi connectivity index (χ2v) is 10.2. The van der Waals surface area contributed by atoms with Crippen LogP contribution in [0.1, 0.15) is 28.5 Å². The quantitative estimate of drug-likeness (QED) is 0.288. The predicted octanol–water partition coefficient (Wildman–Crippen LogP) is 4.15. The van der Waals surface area contributed by atoms with Crippen LogP contribution in [0.5, 0.6) is 5.75 Å². The Balaban J connectivity index is 1.57. The number of benzene rings is 3. The molecule has 0 bridgehead atoms. The Hall–Kier alpha value is -4.24. The maximum atomic E-state index is 13.0. The van der Waals surface area contributed by atoms with Crippen molar-refractivity contribution in [1.29, 1.82) is 0 Å². The molecule has 0 spiro atoms. The predicted molar refractivity (Wildman–Crippen MR) is 132 cm³/mol. The van der Waals surface area contributed by atoms with Crippen LogP contribution in [-0.4, -0.2) is 36.7 Å². The molecule has 0 atom stereocenters. The molecule has 0 N–H and O–H groups in total. The number of esters is 2. The molecule has 8 nitrogen and oxygen atoms in total. The van der Waals surface area contributed by atoms with Crippen molar-refractivity contribution in [1.82, 2.24) is 9.78 Å². The van der Waals surface area contributed by atoms with Crippen LogP contribution in [0.15, 0.2) is 83.8 Å². The number of rotatable bonds is 6. The number of nitrogens with zero attached hydrogens (tertiary/aromatic N) is 2. The minimum absolute atomic E-state index is 0.0158. The topological polar surface area (TPSA) is 105 Å². The van der Waals surface area contributed by atoms with E-state index in [1.807, 2.05) is 6.07 Å². The van der Waals surface area contributed by atoms with Crippen molar-refractivity contribution in [3.05, 3.63) is 95.7 Å². The van der Waals surface area contributed by atoms with E-state index in [0.717, 1.165) is 0 Å². The molecule has 5 rings (SSSR count). The molecule has 3 aromatic carbocycles. The molecule has 2 heterocycles. The molecule has 1 aliphatic heterocycles. The van der Waals surface area contributed by atoms with Gasteiger partial charge in [0, 0.05) is 11.1 Å². The molecule has 36 heavy (non-hydrogen) atoms. The normalized spacial score (nSPS) is 13.4. The molecule has 0 fully saturated rings. The molecule has 0 saturated carbocycles. The molecule has 9 heteroatoms. The molecule has 0 radical (unpaired) electrons. The summed E-state index contributed by atoms with van der Waals surface area (Å²) >= 11 is 0. The van der Waals surface area contributed by atoms with Gasteiger partial charge in [0.15, 0.2) is 15.5 Å². The molecule has 4 aromatic rings. The number of sulfone groups is 1. The number of aromatic nitrogens is 2. The largest absolute Gasteiger partial charge is 0.461 e. The average molecular weight is 503 g/mol. The van der Waals surface area contributed by atoms with Crippen LogP contribution >= 0.6 is 0 Å². The molecule has 1 aliphatic rings. The lowest BCUT2D eigenvalue weighted by molar-refractivity contribution is -0.133. The first-order valence-corrected chi connectivity index (χ1v) is 13.0. The van der Waals surface area contributed by atoms with Crippen LogP contribution in [0.3, 0.4) is 0 Å². The van der Waals surface area contributed by atoms with Crippen molar-refractivity contribution >= 4 is 21.8 Å². The summed E-state index contributed by atoms with van der Waals surface area (Å²) < 4.78 is 38.1. The van der Waals surface area contributed by atoms with Gasteiger partial charge in [0.05, 0.1) is 35.1 Å². The monoisotopic (exact) mass is 502 g/mol. The Morgan fingerprint density at radius 3 is 2.50 bits per heavy atom. The van der Waals surface area contributed by atoms with Crippen LogP contribution < -0.4 is 4.74 Å². The summed E-state index contributed by atoms with van der Waals surface area (Å²) in [5, 5.41) is 4.49. The number of hydrogen-bond acceptors (Lipinski definition) is 7. The van der Waals surface area contributed by atoms with Gasteiger partial charge in [-0.2, -0.15) is 5.10 Å². The highest BCUT2D eigenvalue weighted by atomic mass is 32.2. The number of hydrogen-bond donors (Lipinski definition) is 0. The molecule has 182 valence electrons. The van der Waals surface area contributed by atoms with Crippen molar-refractivity contribution < 1.29 is 27.5 Å². The summed E-state index contributed by atoms with van der Waals surface area (Å²) in [5.74, 6) is -1.03. The Labute approximate surface area is 208 Å². The van der Waals surface area contributed by atoms with Crippen molar-refractivity contribution in [2.75, 3.05) is 6.61 Å². The molecule has 1 aromatic heterocycles. The minimum atomic E-state index is -3.67. The maximum Gasteiger partial charge on any atom is 0.359 e. The first-order chi connectivity index (χ1) is 17.4. The zero-order valence-corrected chi connectivity index (χ0v) is 20.2. The fraction of sp³-hybridized carbons (Fsp3) is 0.148. The summed E-state index contributed by atoms with van der Waals surface area (Å²) in [6.45, 7) is 1.80. The van der Waals surface area contributed by atoms with Crippen LogP contribution in [0.25, 0.3) is 16.9 Å². The Morgan fingerprint density at radius 2 is 1.72 bits per heavy atom. The lowest BCUT2D eigenvalue weighted by Crippen LogP contribution is -2.16. The van der Waals surface area contributed by atoms with Gasteiger partial charge in [-0.1, -0.05) is 48.5 Å². The summed E-state index contributed by atoms with van der Waals surface area (Å²) in [4.78, 5) is 25.4. The van der Waals surface area contributed by atoms with Crippen molar-refractivity contribution in [2.24, 2.45) is 0 Å². The Bertz CT molecular complexity index is 1580. The van der Waals surface area contributed by atoms with Gasteiger partial charge in [-0.25, -0.2) is 17.9 Å². The third-order valence-corrected chi connectivity index (χ3v) is 7.44. The first-order valence-electron chi connectivity index (χ1n) is 11.3. The van der Waals surface area contributed by atoms with Crippen molar-refractivity contribution in [3.8, 4) is 22.7 Å². The second kappa shape index (κ2) is 9.43. The van der Waals surface area contributed by atoms with Crippen LogP contribution in [0, 0.1) is 0 Å². The summed E-state index contributed by atoms with van der Waals surface area (Å²) in [7, 11) is -3.67. The first kappa shape index (κ1) is 23.5. The fourth-order valence-electron chi connectivity index (χ4n) is 4.24. The third-order valence-electron chi connectivity index (χ3n) is 5.74. The summed E-state index contributed by atoms with van der Waals surface area (Å²) in [6, 6.07) is 22.5. The summed E-state index contributed by atoms with van der Waals surface area (Å²) in [6.07, 6.45) is 0.0158. The van der Waals surface area contributed by atoms with Crippen LogP contribution in [-0.2, 0) is 31.5 Å². The van der Waals surface area contributed by atoms with E-state index in [9.17, 15) is 18.0 Å². The van der Waals surface area contributed by atoms with E-state index < -0.39 is 21.8 Å². The number of carbonyl (C=O) groups excluding carboxylic acids is 2. The van der Waals surface area contributed by atoms with E-state index in [0.29, 0.717) is 33.8 Å². The molecule has 0 unspecified atom stereocenters. The van der Waals surface area contributed by atoms with Gasteiger partial charge < -0.3 is 9.47 Å². The second-order valence-electron chi connectivity index (χ2n) is 8.20. The SMILES string of the molecule is CCOC(=O)c1nn(-c2cccc(CC(=O)Oc3ccccc3)c2)c2c1CS(=O)(=O)c1ccccc1-2. The number of fused-ring (bicyclic) bond motifs is 3. The van der Waals surface area contributed by atoms with Crippen LogP contribution in [0.2, 0.25) is 0 Å². The third kappa shape index (κ3) is 4.40. The highest BCUT2D eigenvalue weighted by molar-refractivity contribution is 7.90. The molecule has 0 amide bonds. The van der Waals surface area contributed by atoms with E-state index in [-0.39, 0.29) is 29.4 Å². The standard InChI is InChI=1S/C27H22N2O6S/c1-2-34-27(31)25-22-17-36(32,33)23-14-7-6-13-21(23)26(22)29(28-25)19-10-8-9-18(15-19)16-24(30)35-20-11-4-3-5-12-20/h3-15H,2,16-17H2,1H3. The van der Waals surface area contributed by atoms with E-state index >= 15 is 0 Å². The fourth-order valence-corrected chi connectivity index (χ4v) is 5.83. The van der Waals surface area contributed by atoms with Gasteiger partial charge in [0.2, 0.25) is 0 Å². The number of carbonyl (C=O) groups is 2. The van der Waals surface area contributed by atoms with Gasteiger partial charge in [-0.05, 0) is 42.8 Å². The Kier molecular flexibility index (Phi) is 6.15.